The van der Waals surface area contributed by atoms with E-state index in [1.807, 2.05) is 0 Å². The van der Waals surface area contributed by atoms with Gasteiger partial charge in [-0.15, -0.1) is 0 Å². The van der Waals surface area contributed by atoms with Gasteiger partial charge in [0, 0.05) is 11.3 Å². The highest BCUT2D eigenvalue weighted by atomic mass is 19.1. The summed E-state index contributed by atoms with van der Waals surface area (Å²) in [4.78, 5) is 16.0. The maximum absolute atomic E-state index is 13.0. The molecule has 0 bridgehead atoms. The van der Waals surface area contributed by atoms with E-state index < -0.39 is 5.82 Å². The van der Waals surface area contributed by atoms with Crippen LogP contribution in [0.4, 0.5) is 10.1 Å². The number of anilines is 1. The van der Waals surface area contributed by atoms with E-state index in [9.17, 15) is 9.18 Å². The molecule has 0 atom stereocenters. The number of halogens is 1. The first kappa shape index (κ1) is 11.4. The Hall–Kier alpha value is -2.69. The molecule has 3 rings (SSSR count). The largest absolute Gasteiger partial charge is 0.443 e. The number of nitrogens with zero attached hydrogens (tertiary/aromatic N) is 1. The van der Waals surface area contributed by atoms with Gasteiger partial charge in [0.2, 0.25) is 0 Å². The van der Waals surface area contributed by atoms with E-state index in [2.05, 4.69) is 10.3 Å². The summed E-state index contributed by atoms with van der Waals surface area (Å²) >= 11 is 0. The highest BCUT2D eigenvalue weighted by Gasteiger charge is 2.09. The molecule has 5 heteroatoms. The Labute approximate surface area is 107 Å². The third kappa shape index (κ3) is 2.30. The topological polar surface area (TPSA) is 55.1 Å². The van der Waals surface area contributed by atoms with Gasteiger partial charge in [-0.3, -0.25) is 4.79 Å². The molecule has 3 aromatic rings. The molecule has 4 nitrogen and oxygen atoms in total. The van der Waals surface area contributed by atoms with Crippen LogP contribution in [-0.2, 0) is 0 Å². The highest BCUT2D eigenvalue weighted by Crippen LogP contribution is 2.16. The molecule has 0 saturated carbocycles. The molecule has 0 aliphatic rings. The maximum atomic E-state index is 13.0. The highest BCUT2D eigenvalue weighted by molar-refractivity contribution is 6.05. The lowest BCUT2D eigenvalue weighted by Crippen LogP contribution is -2.11. The predicted octanol–water partition coefficient (Wildman–Crippen LogP) is 3.22. The zero-order valence-electron chi connectivity index (χ0n) is 9.76. The first-order chi connectivity index (χ1) is 9.22. The second-order valence-electron chi connectivity index (χ2n) is 4.00. The van der Waals surface area contributed by atoms with Gasteiger partial charge in [0.05, 0.1) is 0 Å². The number of carbonyl (C=O) groups is 1. The van der Waals surface area contributed by atoms with Crippen LogP contribution in [0.3, 0.4) is 0 Å². The van der Waals surface area contributed by atoms with Crippen LogP contribution in [0.5, 0.6) is 0 Å². The number of aromatic nitrogens is 1. The molecule has 1 aromatic heterocycles. The van der Waals surface area contributed by atoms with E-state index in [1.54, 1.807) is 24.3 Å². The number of rotatable bonds is 2. The van der Waals surface area contributed by atoms with Crippen molar-refractivity contribution in [1.82, 2.24) is 4.98 Å². The van der Waals surface area contributed by atoms with Crippen LogP contribution in [0.1, 0.15) is 10.4 Å². The van der Waals surface area contributed by atoms with Crippen LogP contribution in [0.25, 0.3) is 11.1 Å². The smallest absolute Gasteiger partial charge is 0.255 e. The summed E-state index contributed by atoms with van der Waals surface area (Å²) in [5, 5.41) is 2.61. The predicted molar refractivity (Wildman–Crippen MR) is 68.4 cm³/mol. The van der Waals surface area contributed by atoms with Crippen molar-refractivity contribution < 1.29 is 13.6 Å². The van der Waals surface area contributed by atoms with Crippen molar-refractivity contribution in [2.75, 3.05) is 5.32 Å². The Morgan fingerprint density at radius 3 is 2.95 bits per heavy atom. The second kappa shape index (κ2) is 4.53. The fourth-order valence-electron chi connectivity index (χ4n) is 1.77. The molecule has 0 spiro atoms. The SMILES string of the molecule is O=C(Nc1cccc(F)c1)c1ccc2ncoc2c1. The Morgan fingerprint density at radius 2 is 2.11 bits per heavy atom. The molecule has 0 radical (unpaired) electrons. The molecule has 0 aliphatic carbocycles. The van der Waals surface area contributed by atoms with Gasteiger partial charge >= 0.3 is 0 Å². The molecule has 19 heavy (non-hydrogen) atoms. The van der Waals surface area contributed by atoms with Gasteiger partial charge < -0.3 is 9.73 Å². The summed E-state index contributed by atoms with van der Waals surface area (Å²) in [6.45, 7) is 0. The summed E-state index contributed by atoms with van der Waals surface area (Å²) < 4.78 is 18.1. The van der Waals surface area contributed by atoms with Crippen LogP contribution in [0, 0.1) is 5.82 Å². The second-order valence-corrected chi connectivity index (χ2v) is 4.00. The minimum Gasteiger partial charge on any atom is -0.443 e. The molecular formula is C14H9FN2O2. The van der Waals surface area contributed by atoms with E-state index in [1.165, 1.54) is 24.6 Å². The summed E-state index contributed by atoms with van der Waals surface area (Å²) in [6.07, 6.45) is 1.32. The van der Waals surface area contributed by atoms with Crippen LogP contribution in [0.15, 0.2) is 53.3 Å². The van der Waals surface area contributed by atoms with Crippen LogP contribution in [0.2, 0.25) is 0 Å². The molecule has 1 amide bonds. The molecule has 2 aromatic carbocycles. The number of amides is 1. The van der Waals surface area contributed by atoms with E-state index in [0.29, 0.717) is 22.4 Å². The lowest BCUT2D eigenvalue weighted by Gasteiger charge is -2.04. The standard InChI is InChI=1S/C14H9FN2O2/c15-10-2-1-3-11(7-10)17-14(18)9-4-5-12-13(6-9)19-8-16-12/h1-8H,(H,17,18). The number of carbonyl (C=O) groups excluding carboxylic acids is 1. The lowest BCUT2D eigenvalue weighted by molar-refractivity contribution is 0.102. The zero-order valence-corrected chi connectivity index (χ0v) is 9.76. The van der Waals surface area contributed by atoms with E-state index in [-0.39, 0.29) is 5.91 Å². The number of benzene rings is 2. The summed E-state index contributed by atoms with van der Waals surface area (Å²) in [7, 11) is 0. The van der Waals surface area contributed by atoms with Gasteiger partial charge in [-0.2, -0.15) is 0 Å². The van der Waals surface area contributed by atoms with Gasteiger partial charge in [-0.25, -0.2) is 9.37 Å². The van der Waals surface area contributed by atoms with Crippen molar-refractivity contribution in [3.8, 4) is 0 Å². The summed E-state index contributed by atoms with van der Waals surface area (Å²) in [5.41, 5.74) is 2.05. The van der Waals surface area contributed by atoms with E-state index in [0.717, 1.165) is 0 Å². The van der Waals surface area contributed by atoms with Gasteiger partial charge in [-0.05, 0) is 36.4 Å². The first-order valence-corrected chi connectivity index (χ1v) is 5.62. The third-order valence-corrected chi connectivity index (χ3v) is 2.68. The van der Waals surface area contributed by atoms with Crippen molar-refractivity contribution in [2.45, 2.75) is 0 Å². The molecule has 1 N–H and O–H groups in total. The number of hydrogen-bond donors (Lipinski definition) is 1. The van der Waals surface area contributed by atoms with Gasteiger partial charge in [0.15, 0.2) is 12.0 Å². The fourth-order valence-corrected chi connectivity index (χ4v) is 1.77. The maximum Gasteiger partial charge on any atom is 0.255 e. The van der Waals surface area contributed by atoms with E-state index in [4.69, 9.17) is 4.42 Å². The third-order valence-electron chi connectivity index (χ3n) is 2.68. The number of hydrogen-bond acceptors (Lipinski definition) is 3. The molecule has 0 fully saturated rings. The van der Waals surface area contributed by atoms with Gasteiger partial charge in [-0.1, -0.05) is 6.07 Å². The van der Waals surface area contributed by atoms with Crippen LogP contribution < -0.4 is 5.32 Å². The molecule has 94 valence electrons. The van der Waals surface area contributed by atoms with Crippen LogP contribution >= 0.6 is 0 Å². The molecular weight excluding hydrogens is 247 g/mol. The molecule has 1 heterocycles. The van der Waals surface area contributed by atoms with Gasteiger partial charge in [0.25, 0.3) is 5.91 Å². The van der Waals surface area contributed by atoms with Crippen molar-refractivity contribution in [3.63, 3.8) is 0 Å². The number of nitrogens with one attached hydrogen (secondary N) is 1. The summed E-state index contributed by atoms with van der Waals surface area (Å²) in [6, 6.07) is 10.6. The normalized spacial score (nSPS) is 10.6. The minimum atomic E-state index is -0.400. The lowest BCUT2D eigenvalue weighted by atomic mass is 10.2. The zero-order chi connectivity index (χ0) is 13.2. The molecule has 0 saturated heterocycles. The van der Waals surface area contributed by atoms with Crippen LogP contribution in [-0.4, -0.2) is 10.9 Å². The monoisotopic (exact) mass is 256 g/mol. The Kier molecular flexibility index (Phi) is 2.72. The van der Waals surface area contributed by atoms with E-state index >= 15 is 0 Å². The first-order valence-electron chi connectivity index (χ1n) is 5.62. The number of oxazole rings is 1. The molecule has 0 aliphatic heterocycles. The molecule has 0 unspecified atom stereocenters. The van der Waals surface area contributed by atoms with Gasteiger partial charge in [0.1, 0.15) is 11.3 Å². The Balaban J connectivity index is 1.87. The minimum absolute atomic E-state index is 0.330. The number of fused-ring (bicyclic) bond motifs is 1. The van der Waals surface area contributed by atoms with Crippen molar-refractivity contribution in [2.24, 2.45) is 0 Å². The van der Waals surface area contributed by atoms with Crippen molar-refractivity contribution in [1.29, 1.82) is 0 Å². The van der Waals surface area contributed by atoms with Crippen molar-refractivity contribution in [3.05, 3.63) is 60.2 Å². The Bertz CT molecular complexity index is 752. The average Bonchev–Trinajstić information content (AvgIpc) is 2.85. The summed E-state index contributed by atoms with van der Waals surface area (Å²) in [5.74, 6) is -0.729. The van der Waals surface area contributed by atoms with Crippen molar-refractivity contribution >= 4 is 22.7 Å². The average molecular weight is 256 g/mol. The fraction of sp³-hybridized carbons (Fsp3) is 0. The quantitative estimate of drug-likeness (QED) is 0.765. The Morgan fingerprint density at radius 1 is 1.21 bits per heavy atom.